The molecular weight excluding hydrogens is 232 g/mol. The number of nitrogens with zero attached hydrogens (tertiary/aromatic N) is 1. The van der Waals surface area contributed by atoms with Gasteiger partial charge in [0.05, 0.1) is 0 Å². The Kier molecular flexibility index (Phi) is 3.60. The predicted octanol–water partition coefficient (Wildman–Crippen LogP) is 3.27. The summed E-state index contributed by atoms with van der Waals surface area (Å²) < 4.78 is 0. The van der Waals surface area contributed by atoms with Gasteiger partial charge in [-0.25, -0.2) is 0 Å². The fraction of sp³-hybridized carbons (Fsp3) is 0.353. The fourth-order valence-electron chi connectivity index (χ4n) is 3.07. The van der Waals surface area contributed by atoms with Crippen molar-refractivity contribution in [1.82, 2.24) is 10.3 Å². The number of fused-ring (bicyclic) bond motifs is 1. The third-order valence-corrected chi connectivity index (χ3v) is 3.96. The number of benzene rings is 1. The fourth-order valence-corrected chi connectivity index (χ4v) is 3.07. The largest absolute Gasteiger partial charge is 0.310 e. The van der Waals surface area contributed by atoms with E-state index in [-0.39, 0.29) is 0 Å². The molecule has 0 saturated heterocycles. The predicted molar refractivity (Wildman–Crippen MR) is 78.2 cm³/mol. The van der Waals surface area contributed by atoms with Gasteiger partial charge in [0.1, 0.15) is 0 Å². The SMILES string of the molecule is CCNC1CCc2c(Cc3ccncc3)cccc21. The molecule has 0 saturated carbocycles. The maximum atomic E-state index is 4.09. The number of nitrogens with one attached hydrogen (secondary N) is 1. The second kappa shape index (κ2) is 5.54. The van der Waals surface area contributed by atoms with Crippen molar-refractivity contribution in [2.75, 3.05) is 6.54 Å². The zero-order valence-corrected chi connectivity index (χ0v) is 11.4. The Bertz CT molecular complexity index is 548. The summed E-state index contributed by atoms with van der Waals surface area (Å²) in [5, 5.41) is 3.58. The van der Waals surface area contributed by atoms with E-state index < -0.39 is 0 Å². The normalized spacial score (nSPS) is 17.4. The van der Waals surface area contributed by atoms with Gasteiger partial charge >= 0.3 is 0 Å². The van der Waals surface area contributed by atoms with Crippen LogP contribution in [0, 0.1) is 0 Å². The van der Waals surface area contributed by atoms with Gasteiger partial charge in [-0.3, -0.25) is 4.98 Å². The summed E-state index contributed by atoms with van der Waals surface area (Å²) in [6, 6.07) is 11.5. The third-order valence-electron chi connectivity index (χ3n) is 3.96. The van der Waals surface area contributed by atoms with Crippen LogP contribution in [0.4, 0.5) is 0 Å². The lowest BCUT2D eigenvalue weighted by Gasteiger charge is -2.13. The molecule has 1 N–H and O–H groups in total. The molecule has 0 fully saturated rings. The third kappa shape index (κ3) is 2.54. The van der Waals surface area contributed by atoms with Crippen LogP contribution >= 0.6 is 0 Å². The van der Waals surface area contributed by atoms with Crippen molar-refractivity contribution in [3.63, 3.8) is 0 Å². The van der Waals surface area contributed by atoms with Crippen LogP contribution in [0.3, 0.4) is 0 Å². The Hall–Kier alpha value is -1.67. The minimum Gasteiger partial charge on any atom is -0.310 e. The molecule has 2 aromatic rings. The highest BCUT2D eigenvalue weighted by molar-refractivity contribution is 5.43. The molecule has 1 unspecified atom stereocenters. The number of hydrogen-bond acceptors (Lipinski definition) is 2. The molecule has 1 aromatic carbocycles. The van der Waals surface area contributed by atoms with E-state index in [1.165, 1.54) is 29.5 Å². The molecular formula is C17H20N2. The topological polar surface area (TPSA) is 24.9 Å². The van der Waals surface area contributed by atoms with Gasteiger partial charge in [-0.1, -0.05) is 25.1 Å². The molecule has 0 radical (unpaired) electrons. The Morgan fingerprint density at radius 3 is 2.84 bits per heavy atom. The first kappa shape index (κ1) is 12.4. The number of rotatable bonds is 4. The van der Waals surface area contributed by atoms with Gasteiger partial charge in [-0.05, 0) is 60.2 Å². The summed E-state index contributed by atoms with van der Waals surface area (Å²) in [5.74, 6) is 0. The number of pyridine rings is 1. The number of hydrogen-bond donors (Lipinski definition) is 1. The molecule has 0 aliphatic heterocycles. The van der Waals surface area contributed by atoms with E-state index in [0.29, 0.717) is 6.04 Å². The highest BCUT2D eigenvalue weighted by atomic mass is 14.9. The first-order valence-corrected chi connectivity index (χ1v) is 7.11. The van der Waals surface area contributed by atoms with Gasteiger partial charge in [0.2, 0.25) is 0 Å². The molecule has 1 aliphatic carbocycles. The lowest BCUT2D eigenvalue weighted by molar-refractivity contribution is 0.549. The van der Waals surface area contributed by atoms with E-state index in [2.05, 4.69) is 47.6 Å². The van der Waals surface area contributed by atoms with Crippen LogP contribution in [0.1, 0.15) is 41.6 Å². The molecule has 0 spiro atoms. The van der Waals surface area contributed by atoms with Crippen molar-refractivity contribution in [3.8, 4) is 0 Å². The molecule has 0 amide bonds. The molecule has 2 heteroatoms. The second-order valence-electron chi connectivity index (χ2n) is 5.17. The van der Waals surface area contributed by atoms with Gasteiger partial charge in [0.25, 0.3) is 0 Å². The van der Waals surface area contributed by atoms with Gasteiger partial charge in [0.15, 0.2) is 0 Å². The van der Waals surface area contributed by atoms with Crippen molar-refractivity contribution in [3.05, 3.63) is 65.0 Å². The molecule has 2 nitrogen and oxygen atoms in total. The summed E-state index contributed by atoms with van der Waals surface area (Å²) in [6.45, 7) is 3.22. The maximum Gasteiger partial charge on any atom is 0.0326 e. The Labute approximate surface area is 114 Å². The minimum absolute atomic E-state index is 0.553. The number of aromatic nitrogens is 1. The van der Waals surface area contributed by atoms with E-state index >= 15 is 0 Å². The van der Waals surface area contributed by atoms with Crippen molar-refractivity contribution in [2.45, 2.75) is 32.2 Å². The summed E-state index contributed by atoms with van der Waals surface area (Å²) >= 11 is 0. The minimum atomic E-state index is 0.553. The van der Waals surface area contributed by atoms with Crippen LogP contribution in [0.5, 0.6) is 0 Å². The standard InChI is InChI=1S/C17H20N2/c1-2-19-17-7-6-15-14(4-3-5-16(15)17)12-13-8-10-18-11-9-13/h3-5,8-11,17,19H,2,6-7,12H2,1H3. The molecule has 0 bridgehead atoms. The van der Waals surface area contributed by atoms with Crippen LogP contribution in [-0.4, -0.2) is 11.5 Å². The van der Waals surface area contributed by atoms with Crippen LogP contribution in [0.15, 0.2) is 42.7 Å². The highest BCUT2D eigenvalue weighted by Crippen LogP contribution is 2.34. The van der Waals surface area contributed by atoms with Crippen LogP contribution in [0.2, 0.25) is 0 Å². The van der Waals surface area contributed by atoms with Crippen LogP contribution < -0.4 is 5.32 Å². The molecule has 1 atom stereocenters. The lowest BCUT2D eigenvalue weighted by atomic mass is 9.97. The van der Waals surface area contributed by atoms with Crippen molar-refractivity contribution < 1.29 is 0 Å². The summed E-state index contributed by atoms with van der Waals surface area (Å²) in [4.78, 5) is 4.09. The van der Waals surface area contributed by atoms with Gasteiger partial charge in [0, 0.05) is 18.4 Å². The van der Waals surface area contributed by atoms with E-state index in [1.54, 1.807) is 5.56 Å². The first-order valence-electron chi connectivity index (χ1n) is 7.11. The highest BCUT2D eigenvalue weighted by Gasteiger charge is 2.23. The Morgan fingerprint density at radius 1 is 1.21 bits per heavy atom. The van der Waals surface area contributed by atoms with E-state index in [9.17, 15) is 0 Å². The van der Waals surface area contributed by atoms with E-state index in [0.717, 1.165) is 13.0 Å². The molecule has 3 rings (SSSR count). The van der Waals surface area contributed by atoms with Crippen molar-refractivity contribution >= 4 is 0 Å². The molecule has 19 heavy (non-hydrogen) atoms. The van der Waals surface area contributed by atoms with Gasteiger partial charge in [-0.2, -0.15) is 0 Å². The summed E-state index contributed by atoms with van der Waals surface area (Å²) in [5.41, 5.74) is 5.89. The quantitative estimate of drug-likeness (QED) is 0.903. The summed E-state index contributed by atoms with van der Waals surface area (Å²) in [6.07, 6.45) is 7.20. The molecule has 1 aliphatic rings. The molecule has 1 aromatic heterocycles. The van der Waals surface area contributed by atoms with Gasteiger partial charge in [-0.15, -0.1) is 0 Å². The molecule has 1 heterocycles. The monoisotopic (exact) mass is 252 g/mol. The Balaban J connectivity index is 1.88. The zero-order chi connectivity index (χ0) is 13.1. The van der Waals surface area contributed by atoms with Crippen molar-refractivity contribution in [1.29, 1.82) is 0 Å². The smallest absolute Gasteiger partial charge is 0.0326 e. The first-order chi connectivity index (χ1) is 9.38. The van der Waals surface area contributed by atoms with Crippen molar-refractivity contribution in [2.24, 2.45) is 0 Å². The zero-order valence-electron chi connectivity index (χ0n) is 11.4. The average Bonchev–Trinajstić information content (AvgIpc) is 2.85. The molecule has 98 valence electrons. The van der Waals surface area contributed by atoms with Gasteiger partial charge < -0.3 is 5.32 Å². The summed E-state index contributed by atoms with van der Waals surface area (Å²) in [7, 11) is 0. The second-order valence-corrected chi connectivity index (χ2v) is 5.17. The van der Waals surface area contributed by atoms with Crippen LogP contribution in [-0.2, 0) is 12.8 Å². The van der Waals surface area contributed by atoms with E-state index in [1.807, 2.05) is 12.4 Å². The lowest BCUT2D eigenvalue weighted by Crippen LogP contribution is -2.18. The average molecular weight is 252 g/mol. The Morgan fingerprint density at radius 2 is 2.05 bits per heavy atom. The van der Waals surface area contributed by atoms with E-state index in [4.69, 9.17) is 0 Å². The van der Waals surface area contributed by atoms with Crippen LogP contribution in [0.25, 0.3) is 0 Å². The maximum absolute atomic E-state index is 4.09.